The molecule has 7 nitrogen and oxygen atoms in total. The summed E-state index contributed by atoms with van der Waals surface area (Å²) in [6, 6.07) is 3.44. The summed E-state index contributed by atoms with van der Waals surface area (Å²) in [5, 5.41) is 22.6. The van der Waals surface area contributed by atoms with Gasteiger partial charge in [0.25, 0.3) is 0 Å². The standard InChI is InChI=1S/C20H21FN4O3/c1-10-7-24(8-11(2)23-10)18-14(6-22)17-13(5-16(18)21)19(26)15(20(27)28)9-25(17)12-3-4-12/h5,9-12,23H,3-4,7-8H2,1-2H3,(H,27,28)/t10-,11+. The zero-order chi connectivity index (χ0) is 20.2. The van der Waals surface area contributed by atoms with Gasteiger partial charge in [0.2, 0.25) is 5.43 Å². The number of fused-ring (bicyclic) bond motifs is 1. The van der Waals surface area contributed by atoms with E-state index in [1.165, 1.54) is 6.20 Å². The molecule has 0 amide bonds. The zero-order valence-electron chi connectivity index (χ0n) is 15.7. The average Bonchev–Trinajstić information content (AvgIpc) is 3.45. The minimum absolute atomic E-state index is 0.0208. The molecule has 0 radical (unpaired) electrons. The lowest BCUT2D eigenvalue weighted by Crippen LogP contribution is -2.54. The Hall–Kier alpha value is -2.92. The highest BCUT2D eigenvalue weighted by atomic mass is 19.1. The Morgan fingerprint density at radius 2 is 1.96 bits per heavy atom. The number of hydrogen-bond donors (Lipinski definition) is 2. The van der Waals surface area contributed by atoms with Crippen LogP contribution in [0.1, 0.15) is 48.7 Å². The molecule has 1 saturated heterocycles. The fourth-order valence-electron chi connectivity index (χ4n) is 4.20. The average molecular weight is 384 g/mol. The molecule has 2 heterocycles. The van der Waals surface area contributed by atoms with E-state index in [1.807, 2.05) is 18.7 Å². The van der Waals surface area contributed by atoms with E-state index in [0.717, 1.165) is 18.9 Å². The molecule has 1 aromatic carbocycles. The predicted molar refractivity (Wildman–Crippen MR) is 102 cm³/mol. The van der Waals surface area contributed by atoms with Crippen LogP contribution in [0.15, 0.2) is 17.1 Å². The van der Waals surface area contributed by atoms with E-state index in [4.69, 9.17) is 0 Å². The molecule has 0 bridgehead atoms. The lowest BCUT2D eigenvalue weighted by Gasteiger charge is -2.38. The lowest BCUT2D eigenvalue weighted by atomic mass is 10.0. The summed E-state index contributed by atoms with van der Waals surface area (Å²) in [7, 11) is 0. The SMILES string of the molecule is C[C@@H]1CN(c2c(F)cc3c(=O)c(C(=O)O)cn(C4CC4)c3c2C#N)C[C@H](C)N1. The second kappa shape index (κ2) is 6.60. The highest BCUT2D eigenvalue weighted by molar-refractivity contribution is 5.96. The Morgan fingerprint density at radius 3 is 2.50 bits per heavy atom. The minimum Gasteiger partial charge on any atom is -0.477 e. The van der Waals surface area contributed by atoms with Gasteiger partial charge in [0.15, 0.2) is 0 Å². The zero-order valence-corrected chi connectivity index (χ0v) is 15.7. The monoisotopic (exact) mass is 384 g/mol. The van der Waals surface area contributed by atoms with Crippen molar-refractivity contribution in [3.63, 3.8) is 0 Å². The van der Waals surface area contributed by atoms with Crippen molar-refractivity contribution in [1.82, 2.24) is 9.88 Å². The molecule has 0 unspecified atom stereocenters. The molecule has 2 fully saturated rings. The molecule has 1 saturated carbocycles. The third kappa shape index (κ3) is 2.92. The second-order valence-corrected chi connectivity index (χ2v) is 7.78. The van der Waals surface area contributed by atoms with Crippen LogP contribution in [-0.4, -0.2) is 40.8 Å². The Bertz CT molecular complexity index is 1070. The summed E-state index contributed by atoms with van der Waals surface area (Å²) >= 11 is 0. The van der Waals surface area contributed by atoms with E-state index < -0.39 is 22.8 Å². The van der Waals surface area contributed by atoms with Gasteiger partial charge in [0.05, 0.1) is 16.6 Å². The maximum absolute atomic E-state index is 15.2. The molecule has 1 aromatic heterocycles. The highest BCUT2D eigenvalue weighted by Gasteiger charge is 2.32. The molecular formula is C20H21FN4O3. The van der Waals surface area contributed by atoms with Crippen LogP contribution in [0, 0.1) is 17.1 Å². The van der Waals surface area contributed by atoms with Crippen molar-refractivity contribution in [1.29, 1.82) is 5.26 Å². The van der Waals surface area contributed by atoms with E-state index in [2.05, 4.69) is 11.4 Å². The predicted octanol–water partition coefficient (Wildman–Crippen LogP) is 2.23. The van der Waals surface area contributed by atoms with Gasteiger partial charge >= 0.3 is 5.97 Å². The van der Waals surface area contributed by atoms with Gasteiger partial charge in [-0.1, -0.05) is 0 Å². The Balaban J connectivity index is 2.04. The number of nitrogens with zero attached hydrogens (tertiary/aromatic N) is 3. The van der Waals surface area contributed by atoms with Crippen molar-refractivity contribution in [2.24, 2.45) is 0 Å². The molecular weight excluding hydrogens is 363 g/mol. The van der Waals surface area contributed by atoms with Crippen molar-refractivity contribution >= 4 is 22.6 Å². The number of hydrogen-bond acceptors (Lipinski definition) is 5. The van der Waals surface area contributed by atoms with Gasteiger partial charge in [-0.15, -0.1) is 0 Å². The van der Waals surface area contributed by atoms with E-state index in [1.54, 1.807) is 4.57 Å². The van der Waals surface area contributed by atoms with Crippen LogP contribution >= 0.6 is 0 Å². The molecule has 2 aromatic rings. The van der Waals surface area contributed by atoms with Crippen LogP contribution < -0.4 is 15.6 Å². The molecule has 4 rings (SSSR count). The number of carbonyl (C=O) groups is 1. The van der Waals surface area contributed by atoms with Crippen LogP contribution in [0.4, 0.5) is 10.1 Å². The molecule has 2 aliphatic rings. The number of rotatable bonds is 3. The highest BCUT2D eigenvalue weighted by Crippen LogP contribution is 2.40. The smallest absolute Gasteiger partial charge is 0.341 e. The summed E-state index contributed by atoms with van der Waals surface area (Å²) in [4.78, 5) is 26.0. The number of carboxylic acids is 1. The van der Waals surface area contributed by atoms with Crippen LogP contribution in [0.2, 0.25) is 0 Å². The van der Waals surface area contributed by atoms with Crippen molar-refractivity contribution in [3.8, 4) is 6.07 Å². The van der Waals surface area contributed by atoms with Gasteiger partial charge in [-0.3, -0.25) is 4.79 Å². The normalized spacial score (nSPS) is 22.3. The number of piperazine rings is 1. The van der Waals surface area contributed by atoms with Crippen LogP contribution in [0.5, 0.6) is 0 Å². The van der Waals surface area contributed by atoms with E-state index >= 15 is 4.39 Å². The molecule has 0 spiro atoms. The number of carboxylic acid groups (broad SMARTS) is 1. The second-order valence-electron chi connectivity index (χ2n) is 7.78. The van der Waals surface area contributed by atoms with E-state index in [0.29, 0.717) is 18.6 Å². The summed E-state index contributed by atoms with van der Waals surface area (Å²) in [5.74, 6) is -2.03. The molecule has 2 N–H and O–H groups in total. The molecule has 2 atom stereocenters. The summed E-state index contributed by atoms with van der Waals surface area (Å²) in [6.45, 7) is 5.05. The van der Waals surface area contributed by atoms with E-state index in [9.17, 15) is 20.0 Å². The maximum Gasteiger partial charge on any atom is 0.341 e. The fraction of sp³-hybridized carbons (Fsp3) is 0.450. The first kappa shape index (κ1) is 18.4. The van der Waals surface area contributed by atoms with Crippen molar-refractivity contribution in [3.05, 3.63) is 39.4 Å². The maximum atomic E-state index is 15.2. The van der Waals surface area contributed by atoms with Gasteiger partial charge in [-0.05, 0) is 32.8 Å². The molecule has 1 aliphatic heterocycles. The fourth-order valence-corrected chi connectivity index (χ4v) is 4.20. The Morgan fingerprint density at radius 1 is 1.32 bits per heavy atom. The first-order valence-corrected chi connectivity index (χ1v) is 9.37. The van der Waals surface area contributed by atoms with Crippen LogP contribution in [0.3, 0.4) is 0 Å². The Labute approximate surface area is 161 Å². The number of pyridine rings is 1. The number of aromatic carboxylic acids is 1. The number of halogens is 1. The topological polar surface area (TPSA) is 98.4 Å². The first-order valence-electron chi connectivity index (χ1n) is 9.37. The van der Waals surface area contributed by atoms with Gasteiger partial charge in [-0.25, -0.2) is 9.18 Å². The summed E-state index contributed by atoms with van der Waals surface area (Å²) < 4.78 is 16.8. The third-order valence-corrected chi connectivity index (χ3v) is 5.40. The van der Waals surface area contributed by atoms with Crippen molar-refractivity contribution in [2.75, 3.05) is 18.0 Å². The number of aromatic nitrogens is 1. The quantitative estimate of drug-likeness (QED) is 0.842. The lowest BCUT2D eigenvalue weighted by molar-refractivity contribution is 0.0695. The van der Waals surface area contributed by atoms with Gasteiger partial charge in [0, 0.05) is 37.4 Å². The minimum atomic E-state index is -1.35. The molecule has 28 heavy (non-hydrogen) atoms. The number of nitrogens with one attached hydrogen (secondary N) is 1. The van der Waals surface area contributed by atoms with Crippen LogP contribution in [0.25, 0.3) is 10.9 Å². The van der Waals surface area contributed by atoms with Crippen molar-refractivity contribution in [2.45, 2.75) is 44.8 Å². The van der Waals surface area contributed by atoms with E-state index in [-0.39, 0.29) is 34.8 Å². The third-order valence-electron chi connectivity index (χ3n) is 5.40. The first-order chi connectivity index (χ1) is 13.3. The summed E-state index contributed by atoms with van der Waals surface area (Å²) in [6.07, 6.45) is 2.96. The van der Waals surface area contributed by atoms with Crippen LogP contribution in [-0.2, 0) is 0 Å². The largest absolute Gasteiger partial charge is 0.477 e. The van der Waals surface area contributed by atoms with Crippen molar-refractivity contribution < 1.29 is 14.3 Å². The van der Waals surface area contributed by atoms with Gasteiger partial charge in [0.1, 0.15) is 23.0 Å². The molecule has 1 aliphatic carbocycles. The number of benzene rings is 1. The number of anilines is 1. The summed E-state index contributed by atoms with van der Waals surface area (Å²) in [5.41, 5.74) is -0.553. The molecule has 8 heteroatoms. The van der Waals surface area contributed by atoms with Gasteiger partial charge in [-0.2, -0.15) is 5.26 Å². The molecule has 146 valence electrons. The number of nitriles is 1. The Kier molecular flexibility index (Phi) is 4.35. The van der Waals surface area contributed by atoms with Gasteiger partial charge < -0.3 is 19.9 Å².